The standard InChI is InChI=1S/C10H21N3O/c1-3-12-10(14)8-13-6-4-9(11-2)5-7-13/h9,11H,3-8H2,1-2H3,(H,12,14). The van der Waals surface area contributed by atoms with Gasteiger partial charge in [-0.3, -0.25) is 9.69 Å². The topological polar surface area (TPSA) is 44.4 Å². The van der Waals surface area contributed by atoms with E-state index in [0.29, 0.717) is 12.6 Å². The first kappa shape index (κ1) is 11.5. The predicted molar refractivity (Wildman–Crippen MR) is 57.2 cm³/mol. The maximum absolute atomic E-state index is 11.3. The minimum atomic E-state index is 0.149. The van der Waals surface area contributed by atoms with E-state index in [0.717, 1.165) is 32.5 Å². The fraction of sp³-hybridized carbons (Fsp3) is 0.900. The Morgan fingerprint density at radius 3 is 2.57 bits per heavy atom. The number of likely N-dealkylation sites (N-methyl/N-ethyl adjacent to an activating group) is 1. The van der Waals surface area contributed by atoms with Gasteiger partial charge in [-0.15, -0.1) is 0 Å². The molecule has 0 unspecified atom stereocenters. The molecule has 2 N–H and O–H groups in total. The molecule has 1 heterocycles. The summed E-state index contributed by atoms with van der Waals surface area (Å²) in [5, 5.41) is 6.10. The Bertz CT molecular complexity index is 176. The van der Waals surface area contributed by atoms with Crippen LogP contribution < -0.4 is 10.6 Å². The van der Waals surface area contributed by atoms with Gasteiger partial charge >= 0.3 is 0 Å². The van der Waals surface area contributed by atoms with Crippen LogP contribution in [0.2, 0.25) is 0 Å². The van der Waals surface area contributed by atoms with E-state index in [1.165, 1.54) is 0 Å². The molecule has 4 nitrogen and oxygen atoms in total. The molecule has 1 saturated heterocycles. The highest BCUT2D eigenvalue weighted by Gasteiger charge is 2.18. The molecule has 1 rings (SSSR count). The Hall–Kier alpha value is -0.610. The molecule has 1 fully saturated rings. The summed E-state index contributed by atoms with van der Waals surface area (Å²) in [6.07, 6.45) is 2.30. The summed E-state index contributed by atoms with van der Waals surface area (Å²) in [6, 6.07) is 0.639. The molecule has 0 aromatic rings. The normalized spacial score (nSPS) is 19.6. The molecule has 4 heteroatoms. The zero-order chi connectivity index (χ0) is 10.4. The molecular weight excluding hydrogens is 178 g/mol. The summed E-state index contributed by atoms with van der Waals surface area (Å²) >= 11 is 0. The summed E-state index contributed by atoms with van der Waals surface area (Å²) in [5.74, 6) is 0.149. The van der Waals surface area contributed by atoms with Gasteiger partial charge in [0.1, 0.15) is 0 Å². The van der Waals surface area contributed by atoms with Crippen molar-refractivity contribution in [2.75, 3.05) is 33.2 Å². The molecule has 0 spiro atoms. The van der Waals surface area contributed by atoms with Crippen LogP contribution >= 0.6 is 0 Å². The van der Waals surface area contributed by atoms with E-state index in [1.54, 1.807) is 0 Å². The van der Waals surface area contributed by atoms with Gasteiger partial charge in [0, 0.05) is 25.7 Å². The van der Waals surface area contributed by atoms with E-state index in [4.69, 9.17) is 0 Å². The smallest absolute Gasteiger partial charge is 0.234 e. The van der Waals surface area contributed by atoms with Crippen LogP contribution in [0, 0.1) is 0 Å². The largest absolute Gasteiger partial charge is 0.355 e. The number of hydrogen-bond acceptors (Lipinski definition) is 3. The van der Waals surface area contributed by atoms with Gasteiger partial charge in [0.15, 0.2) is 0 Å². The number of carbonyl (C=O) groups is 1. The average Bonchev–Trinajstić information content (AvgIpc) is 2.19. The highest BCUT2D eigenvalue weighted by Crippen LogP contribution is 2.08. The molecule has 1 amide bonds. The van der Waals surface area contributed by atoms with Gasteiger partial charge in [0.2, 0.25) is 5.91 Å². The van der Waals surface area contributed by atoms with Crippen molar-refractivity contribution in [3.63, 3.8) is 0 Å². The molecule has 0 bridgehead atoms. The van der Waals surface area contributed by atoms with Crippen LogP contribution in [-0.4, -0.2) is 50.1 Å². The minimum absolute atomic E-state index is 0.149. The van der Waals surface area contributed by atoms with Gasteiger partial charge in [-0.05, 0) is 26.8 Å². The number of piperidine rings is 1. The minimum Gasteiger partial charge on any atom is -0.355 e. The van der Waals surface area contributed by atoms with Crippen molar-refractivity contribution in [1.29, 1.82) is 0 Å². The molecule has 0 aromatic heterocycles. The zero-order valence-corrected chi connectivity index (χ0v) is 9.18. The van der Waals surface area contributed by atoms with Crippen molar-refractivity contribution in [2.24, 2.45) is 0 Å². The van der Waals surface area contributed by atoms with Crippen LogP contribution in [-0.2, 0) is 4.79 Å². The monoisotopic (exact) mass is 199 g/mol. The quantitative estimate of drug-likeness (QED) is 0.659. The average molecular weight is 199 g/mol. The van der Waals surface area contributed by atoms with Gasteiger partial charge in [-0.2, -0.15) is 0 Å². The zero-order valence-electron chi connectivity index (χ0n) is 9.18. The molecular formula is C10H21N3O. The van der Waals surface area contributed by atoms with Crippen molar-refractivity contribution < 1.29 is 4.79 Å². The van der Waals surface area contributed by atoms with Crippen molar-refractivity contribution in [3.05, 3.63) is 0 Å². The SMILES string of the molecule is CCNC(=O)CN1CCC(NC)CC1. The molecule has 1 aliphatic rings. The third-order valence-corrected chi connectivity index (χ3v) is 2.74. The van der Waals surface area contributed by atoms with Crippen molar-refractivity contribution in [1.82, 2.24) is 15.5 Å². The van der Waals surface area contributed by atoms with Gasteiger partial charge < -0.3 is 10.6 Å². The Morgan fingerprint density at radius 1 is 1.43 bits per heavy atom. The Kier molecular flexibility index (Phi) is 4.90. The van der Waals surface area contributed by atoms with Crippen LogP contribution in [0.25, 0.3) is 0 Å². The summed E-state index contributed by atoms with van der Waals surface area (Å²) in [5.41, 5.74) is 0. The summed E-state index contributed by atoms with van der Waals surface area (Å²) in [4.78, 5) is 13.5. The summed E-state index contributed by atoms with van der Waals surface area (Å²) in [7, 11) is 2.00. The second-order valence-electron chi connectivity index (χ2n) is 3.79. The van der Waals surface area contributed by atoms with Crippen molar-refractivity contribution in [2.45, 2.75) is 25.8 Å². The van der Waals surface area contributed by atoms with E-state index in [2.05, 4.69) is 15.5 Å². The molecule has 0 saturated carbocycles. The van der Waals surface area contributed by atoms with E-state index in [9.17, 15) is 4.79 Å². The first-order valence-electron chi connectivity index (χ1n) is 5.42. The Labute approximate surface area is 86.0 Å². The van der Waals surface area contributed by atoms with Crippen LogP contribution in [0.3, 0.4) is 0 Å². The molecule has 82 valence electrons. The number of likely N-dealkylation sites (tertiary alicyclic amines) is 1. The van der Waals surface area contributed by atoms with E-state index < -0.39 is 0 Å². The van der Waals surface area contributed by atoms with Crippen molar-refractivity contribution >= 4 is 5.91 Å². The predicted octanol–water partition coefficient (Wildman–Crippen LogP) is -0.194. The number of nitrogens with one attached hydrogen (secondary N) is 2. The van der Waals surface area contributed by atoms with E-state index in [1.807, 2.05) is 14.0 Å². The highest BCUT2D eigenvalue weighted by atomic mass is 16.2. The number of hydrogen-bond donors (Lipinski definition) is 2. The number of rotatable bonds is 4. The molecule has 0 radical (unpaired) electrons. The lowest BCUT2D eigenvalue weighted by Gasteiger charge is -2.31. The Morgan fingerprint density at radius 2 is 2.07 bits per heavy atom. The third-order valence-electron chi connectivity index (χ3n) is 2.74. The molecule has 0 aromatic carbocycles. The highest BCUT2D eigenvalue weighted by molar-refractivity contribution is 5.77. The van der Waals surface area contributed by atoms with Gasteiger partial charge in [-0.25, -0.2) is 0 Å². The summed E-state index contributed by atoms with van der Waals surface area (Å²) < 4.78 is 0. The first-order valence-corrected chi connectivity index (χ1v) is 5.42. The lowest BCUT2D eigenvalue weighted by atomic mass is 10.1. The molecule has 0 atom stereocenters. The maximum atomic E-state index is 11.3. The van der Waals surface area contributed by atoms with Gasteiger partial charge in [0.05, 0.1) is 6.54 Å². The third kappa shape index (κ3) is 3.64. The van der Waals surface area contributed by atoms with Crippen LogP contribution in [0.15, 0.2) is 0 Å². The lowest BCUT2D eigenvalue weighted by Crippen LogP contribution is -2.45. The number of amides is 1. The molecule has 0 aliphatic carbocycles. The summed E-state index contributed by atoms with van der Waals surface area (Å²) in [6.45, 7) is 5.30. The van der Waals surface area contributed by atoms with Gasteiger partial charge in [-0.1, -0.05) is 0 Å². The van der Waals surface area contributed by atoms with Crippen molar-refractivity contribution in [3.8, 4) is 0 Å². The first-order chi connectivity index (χ1) is 6.76. The second-order valence-corrected chi connectivity index (χ2v) is 3.79. The molecule has 1 aliphatic heterocycles. The fourth-order valence-corrected chi connectivity index (χ4v) is 1.84. The lowest BCUT2D eigenvalue weighted by molar-refractivity contribution is -0.122. The second kappa shape index (κ2) is 5.98. The Balaban J connectivity index is 2.18. The fourth-order valence-electron chi connectivity index (χ4n) is 1.84. The molecule has 14 heavy (non-hydrogen) atoms. The number of carbonyl (C=O) groups excluding carboxylic acids is 1. The van der Waals surface area contributed by atoms with E-state index >= 15 is 0 Å². The van der Waals surface area contributed by atoms with Crippen LogP contribution in [0.4, 0.5) is 0 Å². The van der Waals surface area contributed by atoms with Crippen LogP contribution in [0.1, 0.15) is 19.8 Å². The maximum Gasteiger partial charge on any atom is 0.234 e. The van der Waals surface area contributed by atoms with Gasteiger partial charge in [0.25, 0.3) is 0 Å². The number of nitrogens with zero attached hydrogens (tertiary/aromatic N) is 1. The van der Waals surface area contributed by atoms with E-state index in [-0.39, 0.29) is 5.91 Å². The van der Waals surface area contributed by atoms with Crippen LogP contribution in [0.5, 0.6) is 0 Å².